The van der Waals surface area contributed by atoms with E-state index in [0.717, 1.165) is 31.4 Å². The van der Waals surface area contributed by atoms with Crippen LogP contribution < -0.4 is 5.32 Å². The Kier molecular flexibility index (Phi) is 5.01. The van der Waals surface area contributed by atoms with Crippen LogP contribution in [0.4, 0.5) is 4.79 Å². The third kappa shape index (κ3) is 6.02. The van der Waals surface area contributed by atoms with Gasteiger partial charge in [0.15, 0.2) is 0 Å². The lowest BCUT2D eigenvalue weighted by Crippen LogP contribution is -2.26. The van der Waals surface area contributed by atoms with Gasteiger partial charge in [0.1, 0.15) is 0 Å². The van der Waals surface area contributed by atoms with Gasteiger partial charge in [-0.1, -0.05) is 5.87 Å². The van der Waals surface area contributed by atoms with Gasteiger partial charge in [0.2, 0.25) is 0 Å². The number of alkyl carbamates (subject to hydrolysis) is 1. The maximum atomic E-state index is 11.0. The van der Waals surface area contributed by atoms with Crippen molar-refractivity contribution in [2.45, 2.75) is 31.7 Å². The van der Waals surface area contributed by atoms with Crippen molar-refractivity contribution in [2.75, 3.05) is 18.6 Å². The summed E-state index contributed by atoms with van der Waals surface area (Å²) in [6.07, 6.45) is 6.13. The first kappa shape index (κ1) is 11.6. The van der Waals surface area contributed by atoms with Crippen molar-refractivity contribution < 1.29 is 9.53 Å². The molecule has 1 saturated carbocycles. The summed E-state index contributed by atoms with van der Waals surface area (Å²) >= 11 is 0. The lowest BCUT2D eigenvalue weighted by Gasteiger charge is -2.05. The van der Waals surface area contributed by atoms with Gasteiger partial charge in [-0.3, -0.25) is 0 Å². The zero-order valence-electron chi connectivity index (χ0n) is 8.75. The van der Waals surface area contributed by atoms with Gasteiger partial charge in [-0.15, -0.1) is 0 Å². The van der Waals surface area contributed by atoms with Crippen LogP contribution in [0, 0.1) is 0 Å². The average Bonchev–Trinajstić information content (AvgIpc) is 2.87. The van der Waals surface area contributed by atoms with Crippen LogP contribution in [0.25, 0.3) is 0 Å². The minimum absolute atomic E-state index is 0.252. The highest BCUT2D eigenvalue weighted by molar-refractivity contribution is 8.13. The molecule has 0 radical (unpaired) electrons. The Labute approximate surface area is 88.1 Å². The van der Waals surface area contributed by atoms with Gasteiger partial charge in [0.25, 0.3) is 0 Å². The molecule has 1 aliphatic carbocycles. The van der Waals surface area contributed by atoms with Crippen molar-refractivity contribution in [1.82, 2.24) is 5.32 Å². The second-order valence-corrected chi connectivity index (χ2v) is 5.72. The van der Waals surface area contributed by atoms with Gasteiger partial charge in [-0.05, 0) is 37.7 Å². The molecule has 4 heteroatoms. The monoisotopic (exact) mass is 217 g/mol. The Balaban J connectivity index is 1.87. The van der Waals surface area contributed by atoms with Crippen LogP contribution in [-0.2, 0) is 4.74 Å². The largest absolute Gasteiger partial charge is 0.450 e. The fourth-order valence-corrected chi connectivity index (χ4v) is 1.75. The fraction of sp³-hybridized carbons (Fsp3) is 0.800. The number of rotatable bonds is 6. The van der Waals surface area contributed by atoms with Crippen molar-refractivity contribution in [2.24, 2.45) is 0 Å². The smallest absolute Gasteiger partial charge is 0.407 e. The Morgan fingerprint density at radius 3 is 2.86 bits per heavy atom. The molecule has 0 aromatic heterocycles. The normalized spacial score (nSPS) is 17.5. The number of amides is 1. The van der Waals surface area contributed by atoms with Gasteiger partial charge in [-0.25, -0.2) is 4.79 Å². The maximum Gasteiger partial charge on any atom is 0.407 e. The molecule has 3 nitrogen and oxygen atoms in total. The van der Waals surface area contributed by atoms with Crippen LogP contribution in [0.2, 0.25) is 0 Å². The first-order chi connectivity index (χ1) is 6.68. The third-order valence-corrected chi connectivity index (χ3v) is 3.01. The van der Waals surface area contributed by atoms with E-state index in [-0.39, 0.29) is 16.6 Å². The fourth-order valence-electron chi connectivity index (χ4n) is 1.05. The van der Waals surface area contributed by atoms with E-state index in [1.807, 2.05) is 0 Å². The molecule has 1 aliphatic rings. The molecule has 0 aromatic rings. The van der Waals surface area contributed by atoms with E-state index >= 15 is 0 Å². The van der Waals surface area contributed by atoms with Gasteiger partial charge < -0.3 is 10.1 Å². The zero-order chi connectivity index (χ0) is 10.4. The predicted octanol–water partition coefficient (Wildman–Crippen LogP) is 1.99. The van der Waals surface area contributed by atoms with Gasteiger partial charge in [0, 0.05) is 6.04 Å². The molecule has 0 bridgehead atoms. The van der Waals surface area contributed by atoms with Gasteiger partial charge >= 0.3 is 6.09 Å². The summed E-state index contributed by atoms with van der Waals surface area (Å²) in [4.78, 5) is 11.0. The molecule has 0 spiro atoms. The number of carbonyl (C=O) groups excluding carboxylic acids is 1. The highest BCUT2D eigenvalue weighted by Gasteiger charge is 2.23. The van der Waals surface area contributed by atoms with E-state index in [9.17, 15) is 4.79 Å². The van der Waals surface area contributed by atoms with Gasteiger partial charge in [-0.2, -0.15) is 10.5 Å². The molecule has 14 heavy (non-hydrogen) atoms. The highest BCUT2D eigenvalue weighted by atomic mass is 32.2. The standard InChI is InChI=1S/C10H19NO2S/c1-14(2)8-4-3-7-13-10(12)11-9-5-6-9/h9H,1,3-8H2,2H3,(H,11,12). The van der Waals surface area contributed by atoms with Gasteiger partial charge in [0.05, 0.1) is 6.61 Å². The number of carbonyl (C=O) groups is 1. The van der Waals surface area contributed by atoms with Crippen molar-refractivity contribution in [1.29, 1.82) is 0 Å². The molecule has 1 rings (SSSR count). The van der Waals surface area contributed by atoms with E-state index in [2.05, 4.69) is 17.4 Å². The zero-order valence-corrected chi connectivity index (χ0v) is 9.57. The summed E-state index contributed by atoms with van der Waals surface area (Å²) in [5, 5.41) is 2.78. The molecule has 1 N–H and O–H groups in total. The van der Waals surface area contributed by atoms with Crippen LogP contribution in [0.5, 0.6) is 0 Å². The summed E-state index contributed by atoms with van der Waals surface area (Å²) in [6, 6.07) is 0.392. The molecular formula is C10H19NO2S. The number of hydrogen-bond acceptors (Lipinski definition) is 2. The molecule has 0 heterocycles. The minimum Gasteiger partial charge on any atom is -0.450 e. The molecule has 1 atom stereocenters. The Hall–Kier alpha value is -0.510. The Bertz CT molecular complexity index is 214. The second kappa shape index (κ2) is 6.06. The summed E-state index contributed by atoms with van der Waals surface area (Å²) in [5.74, 6) is 5.06. The van der Waals surface area contributed by atoms with E-state index in [0.29, 0.717) is 12.6 Å². The number of ether oxygens (including phenoxy) is 1. The number of unbranched alkanes of at least 4 members (excludes halogenated alkanes) is 1. The lowest BCUT2D eigenvalue weighted by molar-refractivity contribution is 0.144. The molecule has 0 aromatic carbocycles. The molecule has 0 saturated heterocycles. The predicted molar refractivity (Wildman–Crippen MR) is 62.2 cm³/mol. The average molecular weight is 217 g/mol. The molecule has 0 aliphatic heterocycles. The minimum atomic E-state index is -0.252. The molecule has 82 valence electrons. The van der Waals surface area contributed by atoms with Crippen molar-refractivity contribution >= 4 is 22.4 Å². The maximum absolute atomic E-state index is 11.0. The quantitative estimate of drug-likeness (QED) is 0.546. The molecule has 1 amide bonds. The molecular weight excluding hydrogens is 198 g/mol. The van der Waals surface area contributed by atoms with Crippen LogP contribution in [0.1, 0.15) is 25.7 Å². The molecule has 1 unspecified atom stereocenters. The summed E-state index contributed by atoms with van der Waals surface area (Å²) in [7, 11) is 0.265. The topological polar surface area (TPSA) is 38.3 Å². The van der Waals surface area contributed by atoms with Crippen LogP contribution >= 0.6 is 10.5 Å². The van der Waals surface area contributed by atoms with Crippen molar-refractivity contribution in [3.63, 3.8) is 0 Å². The van der Waals surface area contributed by atoms with E-state index in [1.54, 1.807) is 0 Å². The summed E-state index contributed by atoms with van der Waals surface area (Å²) < 4.78 is 5.01. The van der Waals surface area contributed by atoms with E-state index in [1.165, 1.54) is 0 Å². The summed E-state index contributed by atoms with van der Waals surface area (Å²) in [5.41, 5.74) is 0. The van der Waals surface area contributed by atoms with Crippen molar-refractivity contribution in [3.05, 3.63) is 0 Å². The first-order valence-corrected chi connectivity index (χ1v) is 7.01. The van der Waals surface area contributed by atoms with Crippen molar-refractivity contribution in [3.8, 4) is 0 Å². The highest BCUT2D eigenvalue weighted by Crippen LogP contribution is 2.18. The number of nitrogens with one attached hydrogen (secondary N) is 1. The number of hydrogen-bond donors (Lipinski definition) is 1. The Morgan fingerprint density at radius 1 is 1.57 bits per heavy atom. The third-order valence-electron chi connectivity index (χ3n) is 2.02. The summed E-state index contributed by atoms with van der Waals surface area (Å²) in [6.45, 7) is 0.537. The van der Waals surface area contributed by atoms with E-state index < -0.39 is 0 Å². The van der Waals surface area contributed by atoms with Crippen LogP contribution in [0.3, 0.4) is 0 Å². The van der Waals surface area contributed by atoms with E-state index in [4.69, 9.17) is 4.74 Å². The Morgan fingerprint density at radius 2 is 2.29 bits per heavy atom. The SMILES string of the molecule is C=S(C)CCCCOC(=O)NC1CC1. The second-order valence-electron chi connectivity index (χ2n) is 3.75. The van der Waals surface area contributed by atoms with Crippen LogP contribution in [0.15, 0.2) is 0 Å². The first-order valence-electron chi connectivity index (χ1n) is 5.04. The lowest BCUT2D eigenvalue weighted by atomic mass is 10.4. The molecule has 1 fully saturated rings. The van der Waals surface area contributed by atoms with Crippen LogP contribution in [-0.4, -0.2) is 36.6 Å².